The lowest BCUT2D eigenvalue weighted by Gasteiger charge is -2.03. The smallest absolute Gasteiger partial charge is 0.220 e. The highest BCUT2D eigenvalue weighted by atomic mass is 16.4. The number of carbonyl (C=O) groups excluding carboxylic acids is 1. The van der Waals surface area contributed by atoms with Crippen LogP contribution in [0.25, 0.3) is 11.3 Å². The van der Waals surface area contributed by atoms with Crippen molar-refractivity contribution in [3.63, 3.8) is 0 Å². The predicted molar refractivity (Wildman–Crippen MR) is 86.3 cm³/mol. The number of hydrogen-bond acceptors (Lipinski definition) is 4. The van der Waals surface area contributed by atoms with Gasteiger partial charge >= 0.3 is 0 Å². The minimum absolute atomic E-state index is 0.0223. The predicted octanol–water partition coefficient (Wildman–Crippen LogP) is 2.44. The Morgan fingerprint density at radius 1 is 1.27 bits per heavy atom. The molecule has 2 rings (SSSR count). The van der Waals surface area contributed by atoms with Crippen molar-refractivity contribution in [2.75, 3.05) is 13.1 Å². The molecule has 0 aliphatic carbocycles. The van der Waals surface area contributed by atoms with Gasteiger partial charge in [-0.1, -0.05) is 30.3 Å². The van der Waals surface area contributed by atoms with Crippen LogP contribution in [0.2, 0.25) is 0 Å². The van der Waals surface area contributed by atoms with Gasteiger partial charge in [-0.3, -0.25) is 4.79 Å². The fraction of sp³-hybridized carbons (Fsp3) is 0.412. The summed E-state index contributed by atoms with van der Waals surface area (Å²) in [5, 5.41) is 2.88. The van der Waals surface area contributed by atoms with Crippen molar-refractivity contribution in [2.45, 2.75) is 32.6 Å². The van der Waals surface area contributed by atoms with Crippen LogP contribution in [-0.2, 0) is 11.2 Å². The van der Waals surface area contributed by atoms with Gasteiger partial charge in [-0.05, 0) is 26.3 Å². The third-order valence-electron chi connectivity index (χ3n) is 3.40. The summed E-state index contributed by atoms with van der Waals surface area (Å²) in [6, 6.07) is 9.87. The quantitative estimate of drug-likeness (QED) is 0.734. The lowest BCUT2D eigenvalue weighted by atomic mass is 10.1. The second kappa shape index (κ2) is 8.34. The Hall–Kier alpha value is -2.14. The number of nitrogens with zero attached hydrogens (tertiary/aromatic N) is 1. The van der Waals surface area contributed by atoms with E-state index in [1.54, 1.807) is 0 Å². The molecule has 3 N–H and O–H groups in total. The summed E-state index contributed by atoms with van der Waals surface area (Å²) >= 11 is 0. The van der Waals surface area contributed by atoms with Gasteiger partial charge in [0.1, 0.15) is 0 Å². The monoisotopic (exact) mass is 301 g/mol. The Labute approximate surface area is 130 Å². The van der Waals surface area contributed by atoms with Crippen molar-refractivity contribution in [1.82, 2.24) is 10.3 Å². The van der Waals surface area contributed by atoms with E-state index in [9.17, 15) is 4.79 Å². The Kier molecular flexibility index (Phi) is 6.15. The lowest BCUT2D eigenvalue weighted by molar-refractivity contribution is -0.121. The number of rotatable bonds is 8. The number of benzene rings is 1. The molecule has 22 heavy (non-hydrogen) atoms. The van der Waals surface area contributed by atoms with Gasteiger partial charge in [0, 0.05) is 24.9 Å². The van der Waals surface area contributed by atoms with Crippen LogP contribution in [0.1, 0.15) is 30.8 Å². The Balaban J connectivity index is 1.85. The molecule has 1 aromatic heterocycles. The summed E-state index contributed by atoms with van der Waals surface area (Å²) < 4.78 is 5.79. The number of aryl methyl sites for hydroxylation is 2. The third kappa shape index (κ3) is 4.70. The molecular formula is C17H23N3O2. The lowest BCUT2D eigenvalue weighted by Crippen LogP contribution is -2.25. The zero-order chi connectivity index (χ0) is 15.8. The van der Waals surface area contributed by atoms with E-state index < -0.39 is 0 Å². The van der Waals surface area contributed by atoms with Crippen LogP contribution in [0, 0.1) is 6.92 Å². The van der Waals surface area contributed by atoms with Crippen molar-refractivity contribution in [3.05, 3.63) is 41.9 Å². The minimum Gasteiger partial charge on any atom is -0.440 e. The Morgan fingerprint density at radius 3 is 2.77 bits per heavy atom. The van der Waals surface area contributed by atoms with Crippen molar-refractivity contribution in [3.8, 4) is 11.3 Å². The molecule has 1 amide bonds. The number of nitrogens with one attached hydrogen (secondary N) is 1. The second-order valence-corrected chi connectivity index (χ2v) is 5.23. The molecule has 0 radical (unpaired) electrons. The van der Waals surface area contributed by atoms with Crippen molar-refractivity contribution >= 4 is 5.91 Å². The standard InChI is InChI=1S/C17H23N3O2/c1-13-17(14-7-3-2-4-8-14)22-16(20-13)10-9-15(21)19-12-6-5-11-18/h2-4,7-8H,5-6,9-12,18H2,1H3,(H,19,21). The van der Waals surface area contributed by atoms with E-state index in [1.807, 2.05) is 37.3 Å². The van der Waals surface area contributed by atoms with Crippen LogP contribution in [-0.4, -0.2) is 24.0 Å². The molecule has 0 unspecified atom stereocenters. The molecule has 2 aromatic rings. The second-order valence-electron chi connectivity index (χ2n) is 5.23. The number of nitrogens with two attached hydrogens (primary N) is 1. The van der Waals surface area contributed by atoms with Crippen LogP contribution in [0.5, 0.6) is 0 Å². The van der Waals surface area contributed by atoms with E-state index in [4.69, 9.17) is 10.2 Å². The average molecular weight is 301 g/mol. The van der Waals surface area contributed by atoms with Crippen LogP contribution in [0.15, 0.2) is 34.7 Å². The summed E-state index contributed by atoms with van der Waals surface area (Å²) in [6.07, 6.45) is 2.74. The van der Waals surface area contributed by atoms with E-state index in [0.29, 0.717) is 31.8 Å². The highest BCUT2D eigenvalue weighted by molar-refractivity contribution is 5.76. The fourth-order valence-corrected chi connectivity index (χ4v) is 2.22. The molecule has 0 aliphatic rings. The first kappa shape index (κ1) is 16.2. The van der Waals surface area contributed by atoms with E-state index >= 15 is 0 Å². The molecule has 1 aromatic carbocycles. The topological polar surface area (TPSA) is 81.2 Å². The average Bonchev–Trinajstić information content (AvgIpc) is 2.91. The molecule has 5 heteroatoms. The van der Waals surface area contributed by atoms with Gasteiger partial charge in [0.15, 0.2) is 11.7 Å². The summed E-state index contributed by atoms with van der Waals surface area (Å²) in [4.78, 5) is 16.1. The Morgan fingerprint density at radius 2 is 2.05 bits per heavy atom. The molecule has 0 spiro atoms. The van der Waals surface area contributed by atoms with Gasteiger partial charge in [0.05, 0.1) is 5.69 Å². The Bertz CT molecular complexity index is 593. The normalized spacial score (nSPS) is 10.6. The highest BCUT2D eigenvalue weighted by Crippen LogP contribution is 2.24. The van der Waals surface area contributed by atoms with E-state index in [1.165, 1.54) is 0 Å². The summed E-state index contributed by atoms with van der Waals surface area (Å²) in [7, 11) is 0. The van der Waals surface area contributed by atoms with Gasteiger partial charge in [-0.15, -0.1) is 0 Å². The van der Waals surface area contributed by atoms with E-state index in [2.05, 4.69) is 10.3 Å². The van der Waals surface area contributed by atoms with Gasteiger partial charge in [0.25, 0.3) is 0 Å². The fourth-order valence-electron chi connectivity index (χ4n) is 2.22. The number of aromatic nitrogens is 1. The molecule has 0 bridgehead atoms. The number of oxazole rings is 1. The van der Waals surface area contributed by atoms with Crippen molar-refractivity contribution in [1.29, 1.82) is 0 Å². The largest absolute Gasteiger partial charge is 0.440 e. The molecule has 118 valence electrons. The summed E-state index contributed by atoms with van der Waals surface area (Å²) in [5.74, 6) is 1.40. The molecule has 0 saturated heterocycles. The summed E-state index contributed by atoms with van der Waals surface area (Å²) in [5.41, 5.74) is 7.27. The first-order valence-corrected chi connectivity index (χ1v) is 7.69. The molecular weight excluding hydrogens is 278 g/mol. The van der Waals surface area contributed by atoms with Gasteiger partial charge in [0.2, 0.25) is 5.91 Å². The van der Waals surface area contributed by atoms with Crippen LogP contribution < -0.4 is 11.1 Å². The van der Waals surface area contributed by atoms with Crippen LogP contribution in [0.3, 0.4) is 0 Å². The van der Waals surface area contributed by atoms with Crippen molar-refractivity contribution < 1.29 is 9.21 Å². The maximum Gasteiger partial charge on any atom is 0.220 e. The molecule has 0 fully saturated rings. The molecule has 0 atom stereocenters. The maximum atomic E-state index is 11.7. The highest BCUT2D eigenvalue weighted by Gasteiger charge is 2.12. The molecule has 0 aliphatic heterocycles. The van der Waals surface area contributed by atoms with Crippen LogP contribution >= 0.6 is 0 Å². The zero-order valence-electron chi connectivity index (χ0n) is 13.0. The summed E-state index contributed by atoms with van der Waals surface area (Å²) in [6.45, 7) is 3.26. The van der Waals surface area contributed by atoms with Gasteiger partial charge in [-0.25, -0.2) is 4.98 Å². The van der Waals surface area contributed by atoms with Crippen molar-refractivity contribution in [2.24, 2.45) is 5.73 Å². The number of amides is 1. The third-order valence-corrected chi connectivity index (χ3v) is 3.40. The number of hydrogen-bond donors (Lipinski definition) is 2. The van der Waals surface area contributed by atoms with Gasteiger partial charge in [-0.2, -0.15) is 0 Å². The van der Waals surface area contributed by atoms with Gasteiger partial charge < -0.3 is 15.5 Å². The maximum absolute atomic E-state index is 11.7. The number of unbranched alkanes of at least 4 members (excludes halogenated alkanes) is 1. The van der Waals surface area contributed by atoms with E-state index in [0.717, 1.165) is 29.9 Å². The first-order valence-electron chi connectivity index (χ1n) is 7.69. The minimum atomic E-state index is 0.0223. The molecule has 1 heterocycles. The first-order chi connectivity index (χ1) is 10.7. The SMILES string of the molecule is Cc1nc(CCC(=O)NCCCCN)oc1-c1ccccc1. The molecule has 0 saturated carbocycles. The zero-order valence-corrected chi connectivity index (χ0v) is 13.0. The molecule has 5 nitrogen and oxygen atoms in total. The van der Waals surface area contributed by atoms with E-state index in [-0.39, 0.29) is 5.91 Å². The van der Waals surface area contributed by atoms with Crippen LogP contribution in [0.4, 0.5) is 0 Å². The number of carbonyl (C=O) groups is 1.